The van der Waals surface area contributed by atoms with Crippen LogP contribution in [0.5, 0.6) is 0 Å². The molecule has 3 aromatic carbocycles. The number of hydrogen-bond acceptors (Lipinski definition) is 3. The lowest BCUT2D eigenvalue weighted by molar-refractivity contribution is -0.137. The van der Waals surface area contributed by atoms with Crippen molar-refractivity contribution in [1.29, 1.82) is 0 Å². The Hall–Kier alpha value is -3.11. The number of benzene rings is 3. The standard InChI is InChI=1S/C20H13ClF4N2O3S/c21-18-9-8-16(11-17(18)19(28)26-14-6-4-13(22)5-7-14)31(29,30)27-15-3-1-2-12(10-15)20(23,24)25/h1-11,27H,(H,26,28). The largest absolute Gasteiger partial charge is 0.416 e. The first-order valence-electron chi connectivity index (χ1n) is 8.52. The third-order valence-corrected chi connectivity index (χ3v) is 5.75. The summed E-state index contributed by atoms with van der Waals surface area (Å²) in [5, 5.41) is 2.39. The molecule has 0 fully saturated rings. The van der Waals surface area contributed by atoms with Crippen molar-refractivity contribution in [2.24, 2.45) is 0 Å². The maximum Gasteiger partial charge on any atom is 0.416 e. The van der Waals surface area contributed by atoms with E-state index in [1.165, 1.54) is 18.2 Å². The molecule has 0 aliphatic carbocycles. The van der Waals surface area contributed by atoms with Gasteiger partial charge in [0.05, 0.1) is 21.0 Å². The van der Waals surface area contributed by atoms with E-state index < -0.39 is 38.4 Å². The molecule has 1 amide bonds. The highest BCUT2D eigenvalue weighted by Crippen LogP contribution is 2.31. The Balaban J connectivity index is 1.87. The quantitative estimate of drug-likeness (QED) is 0.478. The topological polar surface area (TPSA) is 75.3 Å². The van der Waals surface area contributed by atoms with Crippen LogP contribution in [0.1, 0.15) is 15.9 Å². The molecule has 0 aliphatic heterocycles. The number of hydrogen-bond donors (Lipinski definition) is 2. The average Bonchev–Trinajstić information content (AvgIpc) is 2.69. The van der Waals surface area contributed by atoms with E-state index in [0.717, 1.165) is 42.5 Å². The van der Waals surface area contributed by atoms with Crippen molar-refractivity contribution in [2.45, 2.75) is 11.1 Å². The van der Waals surface area contributed by atoms with Crippen LogP contribution in [-0.4, -0.2) is 14.3 Å². The molecule has 0 aliphatic rings. The molecular formula is C20H13ClF4N2O3S. The summed E-state index contributed by atoms with van der Waals surface area (Å²) in [4.78, 5) is 12.1. The van der Waals surface area contributed by atoms with E-state index in [1.54, 1.807) is 0 Å². The monoisotopic (exact) mass is 472 g/mol. The normalized spacial score (nSPS) is 11.8. The second-order valence-electron chi connectivity index (χ2n) is 6.29. The van der Waals surface area contributed by atoms with E-state index in [9.17, 15) is 30.8 Å². The van der Waals surface area contributed by atoms with Gasteiger partial charge in [-0.2, -0.15) is 13.2 Å². The predicted molar refractivity (Wildman–Crippen MR) is 108 cm³/mol. The SMILES string of the molecule is O=C(Nc1ccc(F)cc1)c1cc(S(=O)(=O)Nc2cccc(C(F)(F)F)c2)ccc1Cl. The summed E-state index contributed by atoms with van der Waals surface area (Å²) in [5.74, 6) is -1.27. The molecular weight excluding hydrogens is 460 g/mol. The zero-order chi connectivity index (χ0) is 22.8. The van der Waals surface area contributed by atoms with Gasteiger partial charge >= 0.3 is 6.18 Å². The molecule has 0 unspecified atom stereocenters. The number of nitrogens with one attached hydrogen (secondary N) is 2. The van der Waals surface area contributed by atoms with E-state index in [2.05, 4.69) is 5.32 Å². The minimum Gasteiger partial charge on any atom is -0.322 e. The number of sulfonamides is 1. The fraction of sp³-hybridized carbons (Fsp3) is 0.0500. The molecule has 0 aromatic heterocycles. The molecule has 3 rings (SSSR count). The van der Waals surface area contributed by atoms with Crippen LogP contribution in [0.4, 0.5) is 28.9 Å². The van der Waals surface area contributed by atoms with Crippen LogP contribution >= 0.6 is 11.6 Å². The van der Waals surface area contributed by atoms with E-state index in [-0.39, 0.29) is 22.0 Å². The van der Waals surface area contributed by atoms with E-state index >= 15 is 0 Å². The fourth-order valence-electron chi connectivity index (χ4n) is 2.55. The van der Waals surface area contributed by atoms with Crippen LogP contribution < -0.4 is 10.0 Å². The van der Waals surface area contributed by atoms with E-state index in [4.69, 9.17) is 11.6 Å². The van der Waals surface area contributed by atoms with Crippen molar-refractivity contribution in [3.05, 3.63) is 88.7 Å². The van der Waals surface area contributed by atoms with Crippen molar-refractivity contribution in [3.8, 4) is 0 Å². The Kier molecular flexibility index (Phi) is 6.23. The summed E-state index contributed by atoms with van der Waals surface area (Å²) < 4.78 is 78.9. The third kappa shape index (κ3) is 5.53. The molecule has 162 valence electrons. The first kappa shape index (κ1) is 22.6. The van der Waals surface area contributed by atoms with Crippen molar-refractivity contribution < 1.29 is 30.8 Å². The van der Waals surface area contributed by atoms with Gasteiger partial charge in [-0.25, -0.2) is 12.8 Å². The molecule has 0 saturated heterocycles. The summed E-state index contributed by atoms with van der Waals surface area (Å²) in [5.41, 5.74) is -1.28. The summed E-state index contributed by atoms with van der Waals surface area (Å²) in [6.45, 7) is 0. The Morgan fingerprint density at radius 3 is 2.23 bits per heavy atom. The highest BCUT2D eigenvalue weighted by atomic mass is 35.5. The molecule has 2 N–H and O–H groups in total. The van der Waals surface area contributed by atoms with Gasteiger partial charge in [0.2, 0.25) is 0 Å². The fourth-order valence-corrected chi connectivity index (χ4v) is 3.83. The maximum atomic E-state index is 13.0. The molecule has 31 heavy (non-hydrogen) atoms. The van der Waals surface area contributed by atoms with Gasteiger partial charge in [-0.05, 0) is 60.7 Å². The van der Waals surface area contributed by atoms with Crippen LogP contribution in [0.3, 0.4) is 0 Å². The van der Waals surface area contributed by atoms with Gasteiger partial charge in [-0.15, -0.1) is 0 Å². The lowest BCUT2D eigenvalue weighted by atomic mass is 10.2. The van der Waals surface area contributed by atoms with Crippen LogP contribution in [0.25, 0.3) is 0 Å². The molecule has 0 bridgehead atoms. The van der Waals surface area contributed by atoms with Crippen molar-refractivity contribution in [3.63, 3.8) is 0 Å². The lowest BCUT2D eigenvalue weighted by Crippen LogP contribution is -2.17. The van der Waals surface area contributed by atoms with Gasteiger partial charge in [0.15, 0.2) is 0 Å². The summed E-state index contributed by atoms with van der Waals surface area (Å²) >= 11 is 6.00. The molecule has 0 atom stereocenters. The van der Waals surface area contributed by atoms with Gasteiger partial charge in [-0.1, -0.05) is 17.7 Å². The van der Waals surface area contributed by atoms with E-state index in [1.807, 2.05) is 4.72 Å². The van der Waals surface area contributed by atoms with Gasteiger partial charge in [0, 0.05) is 11.4 Å². The second-order valence-corrected chi connectivity index (χ2v) is 8.38. The van der Waals surface area contributed by atoms with Crippen LogP contribution in [0.15, 0.2) is 71.6 Å². The number of amides is 1. The highest BCUT2D eigenvalue weighted by molar-refractivity contribution is 7.92. The predicted octanol–water partition coefficient (Wildman–Crippen LogP) is 5.55. The van der Waals surface area contributed by atoms with Gasteiger partial charge < -0.3 is 5.32 Å². The third-order valence-electron chi connectivity index (χ3n) is 4.04. The zero-order valence-corrected chi connectivity index (χ0v) is 16.9. The molecule has 0 saturated carbocycles. The van der Waals surface area contributed by atoms with Crippen LogP contribution in [-0.2, 0) is 16.2 Å². The number of carbonyl (C=O) groups excluding carboxylic acids is 1. The number of alkyl halides is 3. The minimum atomic E-state index is -4.65. The van der Waals surface area contributed by atoms with E-state index in [0.29, 0.717) is 6.07 Å². The number of anilines is 2. The number of rotatable bonds is 5. The smallest absolute Gasteiger partial charge is 0.322 e. The van der Waals surface area contributed by atoms with Crippen molar-refractivity contribution in [2.75, 3.05) is 10.0 Å². The second kappa shape index (κ2) is 8.56. The Morgan fingerprint density at radius 2 is 1.58 bits per heavy atom. The van der Waals surface area contributed by atoms with Crippen molar-refractivity contribution >= 4 is 38.9 Å². The van der Waals surface area contributed by atoms with Crippen LogP contribution in [0, 0.1) is 5.82 Å². The highest BCUT2D eigenvalue weighted by Gasteiger charge is 2.30. The molecule has 3 aromatic rings. The summed E-state index contributed by atoms with van der Waals surface area (Å²) in [6.07, 6.45) is -4.65. The zero-order valence-electron chi connectivity index (χ0n) is 15.4. The first-order valence-corrected chi connectivity index (χ1v) is 10.4. The number of halogens is 5. The Labute approximate surface area is 179 Å². The Bertz CT molecular complexity index is 1230. The van der Waals surface area contributed by atoms with Gasteiger partial charge in [-0.3, -0.25) is 9.52 Å². The molecule has 0 heterocycles. The Morgan fingerprint density at radius 1 is 0.903 bits per heavy atom. The van der Waals surface area contributed by atoms with Gasteiger partial charge in [0.1, 0.15) is 5.82 Å². The lowest BCUT2D eigenvalue weighted by Gasteiger charge is -2.13. The summed E-state index contributed by atoms with van der Waals surface area (Å²) in [6, 6.07) is 11.8. The molecule has 0 radical (unpaired) electrons. The molecule has 5 nitrogen and oxygen atoms in total. The van der Waals surface area contributed by atoms with Gasteiger partial charge in [0.25, 0.3) is 15.9 Å². The summed E-state index contributed by atoms with van der Waals surface area (Å²) in [7, 11) is -4.33. The van der Waals surface area contributed by atoms with Crippen molar-refractivity contribution in [1.82, 2.24) is 0 Å². The molecule has 0 spiro atoms. The van der Waals surface area contributed by atoms with Crippen LogP contribution in [0.2, 0.25) is 5.02 Å². The number of carbonyl (C=O) groups is 1. The minimum absolute atomic E-state index is 0.0577. The maximum absolute atomic E-state index is 13.0. The first-order chi connectivity index (χ1) is 14.5. The molecule has 11 heteroatoms. The average molecular weight is 473 g/mol.